The molecule has 3 N–H and O–H groups in total. The summed E-state index contributed by atoms with van der Waals surface area (Å²) in [5.74, 6) is 0.927. The van der Waals surface area contributed by atoms with Gasteiger partial charge in [0.25, 0.3) is 0 Å². The van der Waals surface area contributed by atoms with Crippen LogP contribution in [0.2, 0.25) is 0 Å². The van der Waals surface area contributed by atoms with Crippen molar-refractivity contribution in [2.75, 3.05) is 17.3 Å². The lowest BCUT2D eigenvalue weighted by Gasteiger charge is -2.30. The van der Waals surface area contributed by atoms with E-state index in [1.807, 2.05) is 32.9 Å². The third-order valence-corrected chi connectivity index (χ3v) is 6.03. The van der Waals surface area contributed by atoms with E-state index in [0.29, 0.717) is 34.0 Å². The van der Waals surface area contributed by atoms with Crippen LogP contribution in [0, 0.1) is 11.3 Å². The first-order valence-corrected chi connectivity index (χ1v) is 11.8. The number of nitrogens with one attached hydrogen (secondary N) is 1. The molecule has 0 atom stereocenters. The molecule has 35 heavy (non-hydrogen) atoms. The number of methoxy groups -OCH3 is 1. The number of carbonyl (C=O) groups is 1. The van der Waals surface area contributed by atoms with Crippen LogP contribution in [0.5, 0.6) is 5.75 Å². The number of benzene rings is 1. The Morgan fingerprint density at radius 3 is 2.60 bits per heavy atom. The summed E-state index contributed by atoms with van der Waals surface area (Å²) in [7, 11) is 1.55. The molecular formula is C26H32N6O3. The number of amides is 1. The Labute approximate surface area is 205 Å². The predicted octanol–water partition coefficient (Wildman–Crippen LogP) is 4.97. The number of rotatable bonds is 5. The Morgan fingerprint density at radius 1 is 1.23 bits per heavy atom. The minimum Gasteiger partial charge on any atom is -0.495 e. The van der Waals surface area contributed by atoms with E-state index in [1.54, 1.807) is 42.1 Å². The van der Waals surface area contributed by atoms with E-state index in [4.69, 9.17) is 15.2 Å². The van der Waals surface area contributed by atoms with Gasteiger partial charge >= 0.3 is 6.09 Å². The van der Waals surface area contributed by atoms with Gasteiger partial charge in [0.15, 0.2) is 0 Å². The lowest BCUT2D eigenvalue weighted by Crippen LogP contribution is -2.35. The molecule has 2 heterocycles. The van der Waals surface area contributed by atoms with E-state index in [0.717, 1.165) is 25.7 Å². The maximum absolute atomic E-state index is 13.6. The topological polar surface area (TPSA) is 118 Å². The monoisotopic (exact) mass is 476 g/mol. The van der Waals surface area contributed by atoms with Crippen molar-refractivity contribution in [3.63, 3.8) is 0 Å². The smallest absolute Gasteiger partial charge is 0.420 e. The molecule has 0 aliphatic heterocycles. The molecule has 1 fully saturated rings. The summed E-state index contributed by atoms with van der Waals surface area (Å²) >= 11 is 0. The molecule has 1 aliphatic carbocycles. The van der Waals surface area contributed by atoms with Gasteiger partial charge in [0.1, 0.15) is 28.8 Å². The summed E-state index contributed by atoms with van der Waals surface area (Å²) in [6.45, 7) is 5.44. The first kappa shape index (κ1) is 24.4. The van der Waals surface area contributed by atoms with Gasteiger partial charge in [0, 0.05) is 18.2 Å². The first-order valence-electron chi connectivity index (χ1n) is 11.8. The molecule has 2 aromatic heterocycles. The molecule has 1 amide bonds. The Balaban J connectivity index is 1.89. The zero-order valence-electron chi connectivity index (χ0n) is 20.6. The van der Waals surface area contributed by atoms with E-state index in [2.05, 4.69) is 16.5 Å². The highest BCUT2D eigenvalue weighted by Gasteiger charge is 2.31. The highest BCUT2D eigenvalue weighted by atomic mass is 16.6. The average Bonchev–Trinajstić information content (AvgIpc) is 3.30. The van der Waals surface area contributed by atoms with Gasteiger partial charge in [-0.2, -0.15) is 10.4 Å². The molecule has 0 radical (unpaired) electrons. The first-order chi connectivity index (χ1) is 16.7. The van der Waals surface area contributed by atoms with Gasteiger partial charge in [-0.15, -0.1) is 0 Å². The largest absolute Gasteiger partial charge is 0.495 e. The number of para-hydroxylation sites is 2. The maximum Gasteiger partial charge on any atom is 0.420 e. The number of fused-ring (bicyclic) bond motifs is 1. The molecule has 4 rings (SSSR count). The number of pyridine rings is 1. The van der Waals surface area contributed by atoms with E-state index >= 15 is 0 Å². The van der Waals surface area contributed by atoms with Crippen molar-refractivity contribution >= 4 is 28.8 Å². The molecule has 0 unspecified atom stereocenters. The van der Waals surface area contributed by atoms with Gasteiger partial charge in [0.05, 0.1) is 30.2 Å². The fraction of sp³-hybridized carbons (Fsp3) is 0.423. The van der Waals surface area contributed by atoms with Crippen molar-refractivity contribution in [2.24, 2.45) is 5.73 Å². The third kappa shape index (κ3) is 5.17. The van der Waals surface area contributed by atoms with Gasteiger partial charge in [0.2, 0.25) is 0 Å². The molecule has 1 aliphatic rings. The van der Waals surface area contributed by atoms with Crippen LogP contribution < -0.4 is 20.7 Å². The summed E-state index contributed by atoms with van der Waals surface area (Å²) < 4.78 is 12.9. The highest BCUT2D eigenvalue weighted by molar-refractivity contribution is 5.98. The quantitative estimate of drug-likeness (QED) is 0.534. The average molecular weight is 477 g/mol. The standard InChI is InChI=1S/C26H32N6O3/c1-26(2,3)35-25(33)31(22-7-5-6-8-23(22)34-4)24-15-20(30-18-11-9-17(28)10-12-18)19(16-27)21-13-14-29-32(21)24/h5-8,13-15,17-18,30H,9-12,28H2,1-4H3. The zero-order chi connectivity index (χ0) is 25.2. The fourth-order valence-corrected chi connectivity index (χ4v) is 4.39. The molecule has 184 valence electrons. The van der Waals surface area contributed by atoms with Crippen molar-refractivity contribution in [3.05, 3.63) is 48.2 Å². The van der Waals surface area contributed by atoms with E-state index in [-0.39, 0.29) is 12.1 Å². The van der Waals surface area contributed by atoms with Crippen LogP contribution in [0.25, 0.3) is 5.52 Å². The predicted molar refractivity (Wildman–Crippen MR) is 135 cm³/mol. The van der Waals surface area contributed by atoms with Crippen LogP contribution in [0.3, 0.4) is 0 Å². The Morgan fingerprint density at radius 2 is 1.94 bits per heavy atom. The molecule has 1 saturated carbocycles. The SMILES string of the molecule is COc1ccccc1N(C(=O)OC(C)(C)C)c1cc(NC2CCC(N)CC2)c(C#N)c2ccnn12. The second-order valence-corrected chi connectivity index (χ2v) is 9.77. The maximum atomic E-state index is 13.6. The van der Waals surface area contributed by atoms with Crippen LogP contribution in [-0.4, -0.2) is 40.5 Å². The number of aromatic nitrogens is 2. The number of hydrogen-bond acceptors (Lipinski definition) is 7. The van der Waals surface area contributed by atoms with Crippen LogP contribution in [-0.2, 0) is 4.74 Å². The summed E-state index contributed by atoms with van der Waals surface area (Å²) in [5, 5.41) is 18.0. The third-order valence-electron chi connectivity index (χ3n) is 6.03. The molecule has 0 bridgehead atoms. The Kier molecular flexibility index (Phi) is 6.85. The second-order valence-electron chi connectivity index (χ2n) is 9.77. The lowest BCUT2D eigenvalue weighted by atomic mass is 9.91. The highest BCUT2D eigenvalue weighted by Crippen LogP contribution is 2.38. The van der Waals surface area contributed by atoms with Gasteiger partial charge in [-0.3, -0.25) is 0 Å². The molecule has 0 saturated heterocycles. The summed E-state index contributed by atoms with van der Waals surface area (Å²) in [6.07, 6.45) is 4.69. The van der Waals surface area contributed by atoms with Crippen molar-refractivity contribution < 1.29 is 14.3 Å². The number of nitrogens with two attached hydrogens (primary N) is 1. The van der Waals surface area contributed by atoms with Crippen LogP contribution >= 0.6 is 0 Å². The molecule has 9 heteroatoms. The zero-order valence-corrected chi connectivity index (χ0v) is 20.6. The van der Waals surface area contributed by atoms with Crippen molar-refractivity contribution in [1.82, 2.24) is 9.61 Å². The number of carbonyl (C=O) groups excluding carboxylic acids is 1. The molecule has 1 aromatic carbocycles. The van der Waals surface area contributed by atoms with Crippen LogP contribution in [0.15, 0.2) is 42.6 Å². The van der Waals surface area contributed by atoms with Gasteiger partial charge in [-0.05, 0) is 64.7 Å². The molecule has 3 aromatic rings. The van der Waals surface area contributed by atoms with Crippen molar-refractivity contribution in [1.29, 1.82) is 5.26 Å². The Bertz CT molecular complexity index is 1250. The van der Waals surface area contributed by atoms with E-state index in [1.165, 1.54) is 4.90 Å². The number of ether oxygens (including phenoxy) is 2. The Hall–Kier alpha value is -3.77. The number of nitriles is 1. The number of hydrogen-bond donors (Lipinski definition) is 2. The lowest BCUT2D eigenvalue weighted by molar-refractivity contribution is 0.0597. The van der Waals surface area contributed by atoms with Crippen LogP contribution in [0.4, 0.5) is 22.0 Å². The summed E-state index contributed by atoms with van der Waals surface area (Å²) in [4.78, 5) is 15.0. The van der Waals surface area contributed by atoms with Crippen LogP contribution in [0.1, 0.15) is 52.0 Å². The molecular weight excluding hydrogens is 444 g/mol. The second kappa shape index (κ2) is 9.84. The normalized spacial score (nSPS) is 18.1. The fourth-order valence-electron chi connectivity index (χ4n) is 4.39. The van der Waals surface area contributed by atoms with Gasteiger partial charge < -0.3 is 20.5 Å². The minimum absolute atomic E-state index is 0.182. The number of anilines is 3. The minimum atomic E-state index is -0.727. The summed E-state index contributed by atoms with van der Waals surface area (Å²) in [5.41, 5.74) is 7.55. The summed E-state index contributed by atoms with van der Waals surface area (Å²) in [6, 6.07) is 13.5. The molecule has 0 spiro atoms. The van der Waals surface area contributed by atoms with E-state index < -0.39 is 11.7 Å². The number of nitrogens with zero attached hydrogens (tertiary/aromatic N) is 4. The van der Waals surface area contributed by atoms with Crippen molar-refractivity contribution in [3.8, 4) is 11.8 Å². The van der Waals surface area contributed by atoms with Gasteiger partial charge in [-0.1, -0.05) is 12.1 Å². The van der Waals surface area contributed by atoms with Crippen molar-refractivity contribution in [2.45, 2.75) is 64.1 Å². The van der Waals surface area contributed by atoms with E-state index in [9.17, 15) is 10.1 Å². The molecule has 9 nitrogen and oxygen atoms in total. The van der Waals surface area contributed by atoms with Gasteiger partial charge in [-0.25, -0.2) is 14.2 Å².